The fourth-order valence-corrected chi connectivity index (χ4v) is 3.72. The summed E-state index contributed by atoms with van der Waals surface area (Å²) in [4.78, 5) is 25.9. The lowest BCUT2D eigenvalue weighted by Crippen LogP contribution is -2.55. The molecule has 160 valence electrons. The number of fused-ring (bicyclic) bond motifs is 1. The Hall–Kier alpha value is -2.20. The molecule has 5 atom stereocenters. The number of rotatable bonds is 6. The molecule has 0 bridgehead atoms. The van der Waals surface area contributed by atoms with Crippen molar-refractivity contribution in [2.24, 2.45) is 0 Å². The Bertz CT molecular complexity index is 724. The second kappa shape index (κ2) is 8.66. The number of hydrogen-bond donors (Lipinski definition) is 2. The van der Waals surface area contributed by atoms with Gasteiger partial charge in [0.25, 0.3) is 0 Å². The van der Waals surface area contributed by atoms with E-state index in [4.69, 9.17) is 18.9 Å². The van der Waals surface area contributed by atoms with Gasteiger partial charge in [0.2, 0.25) is 0 Å². The molecule has 2 aliphatic rings. The molecule has 2 N–H and O–H groups in total. The van der Waals surface area contributed by atoms with Gasteiger partial charge >= 0.3 is 12.1 Å². The third kappa shape index (κ3) is 4.69. The van der Waals surface area contributed by atoms with Gasteiger partial charge in [-0.05, 0) is 26.3 Å². The third-order valence-corrected chi connectivity index (χ3v) is 4.94. The summed E-state index contributed by atoms with van der Waals surface area (Å²) >= 11 is 0. The van der Waals surface area contributed by atoms with E-state index < -0.39 is 48.3 Å². The number of aliphatic hydroxyl groups excluding tert-OH is 2. The maximum absolute atomic E-state index is 12.7. The zero-order chi connectivity index (χ0) is 21.2. The van der Waals surface area contributed by atoms with Gasteiger partial charge in [0.1, 0.15) is 24.9 Å². The minimum atomic E-state index is -1.84. The van der Waals surface area contributed by atoms with Crippen LogP contribution in [0.25, 0.3) is 0 Å². The van der Waals surface area contributed by atoms with Crippen LogP contribution in [0.1, 0.15) is 26.3 Å². The van der Waals surface area contributed by atoms with Gasteiger partial charge in [-0.1, -0.05) is 30.3 Å². The lowest BCUT2D eigenvalue weighted by atomic mass is 10.00. The van der Waals surface area contributed by atoms with Gasteiger partial charge in [0, 0.05) is 0 Å². The summed E-state index contributed by atoms with van der Waals surface area (Å²) in [6, 6.07) is 8.11. The Kier molecular flexibility index (Phi) is 6.42. The Balaban J connectivity index is 1.75. The van der Waals surface area contributed by atoms with Crippen molar-refractivity contribution in [3.8, 4) is 0 Å². The minimum Gasteiger partial charge on any atom is -0.464 e. The number of aliphatic hydroxyl groups is 2. The molecule has 1 amide bonds. The first-order valence-electron chi connectivity index (χ1n) is 9.59. The van der Waals surface area contributed by atoms with E-state index >= 15 is 0 Å². The maximum atomic E-state index is 12.7. The molecule has 9 nitrogen and oxygen atoms in total. The number of esters is 1. The predicted molar refractivity (Wildman–Crippen MR) is 99.6 cm³/mol. The van der Waals surface area contributed by atoms with Crippen molar-refractivity contribution in [2.45, 2.75) is 63.6 Å². The molecule has 2 saturated heterocycles. The molecule has 0 aromatic heterocycles. The summed E-state index contributed by atoms with van der Waals surface area (Å²) in [6.45, 7) is 5.21. The molecule has 0 unspecified atom stereocenters. The van der Waals surface area contributed by atoms with Crippen molar-refractivity contribution in [1.82, 2.24) is 4.90 Å². The minimum absolute atomic E-state index is 0.0436. The predicted octanol–water partition coefficient (Wildman–Crippen LogP) is 0.812. The molecule has 9 heteroatoms. The molecule has 2 aliphatic heterocycles. The van der Waals surface area contributed by atoms with Crippen molar-refractivity contribution in [1.29, 1.82) is 0 Å². The van der Waals surface area contributed by atoms with Crippen LogP contribution in [0.4, 0.5) is 4.79 Å². The van der Waals surface area contributed by atoms with Crippen molar-refractivity contribution in [2.75, 3.05) is 13.2 Å². The molecular formula is C20H27NO8. The summed E-state index contributed by atoms with van der Waals surface area (Å²) in [7, 11) is 0. The molecule has 29 heavy (non-hydrogen) atoms. The fourth-order valence-electron chi connectivity index (χ4n) is 3.72. The lowest BCUT2D eigenvalue weighted by molar-refractivity contribution is -0.176. The Morgan fingerprint density at radius 3 is 2.55 bits per heavy atom. The zero-order valence-electron chi connectivity index (χ0n) is 16.7. The van der Waals surface area contributed by atoms with E-state index in [2.05, 4.69) is 0 Å². The van der Waals surface area contributed by atoms with E-state index in [1.54, 1.807) is 20.8 Å². The van der Waals surface area contributed by atoms with Crippen LogP contribution in [-0.2, 0) is 30.3 Å². The molecule has 1 aromatic rings. The number of ether oxygens (including phenoxy) is 4. The second-order valence-corrected chi connectivity index (χ2v) is 7.51. The molecule has 1 aromatic carbocycles. The van der Waals surface area contributed by atoms with E-state index in [1.807, 2.05) is 30.3 Å². The van der Waals surface area contributed by atoms with Gasteiger partial charge in [0.05, 0.1) is 19.2 Å². The topological polar surface area (TPSA) is 115 Å². The summed E-state index contributed by atoms with van der Waals surface area (Å²) in [5, 5.41) is 20.9. The maximum Gasteiger partial charge on any atom is 0.410 e. The van der Waals surface area contributed by atoms with Gasteiger partial charge in [-0.2, -0.15) is 0 Å². The van der Waals surface area contributed by atoms with Crippen molar-refractivity contribution >= 4 is 12.1 Å². The van der Waals surface area contributed by atoms with Gasteiger partial charge < -0.3 is 29.2 Å². The number of benzene rings is 1. The van der Waals surface area contributed by atoms with Crippen LogP contribution in [0.3, 0.4) is 0 Å². The van der Waals surface area contributed by atoms with Gasteiger partial charge in [0.15, 0.2) is 11.9 Å². The highest BCUT2D eigenvalue weighted by Gasteiger charge is 2.58. The van der Waals surface area contributed by atoms with Crippen LogP contribution >= 0.6 is 0 Å². The molecule has 3 rings (SSSR count). The highest BCUT2D eigenvalue weighted by molar-refractivity contribution is 5.76. The molecule has 2 heterocycles. The Morgan fingerprint density at radius 1 is 1.21 bits per heavy atom. The van der Waals surface area contributed by atoms with Crippen LogP contribution < -0.4 is 0 Å². The highest BCUT2D eigenvalue weighted by atomic mass is 16.8. The van der Waals surface area contributed by atoms with E-state index in [0.717, 1.165) is 5.56 Å². The first kappa shape index (κ1) is 21.5. The number of amides is 1. The van der Waals surface area contributed by atoms with Crippen molar-refractivity contribution < 1.29 is 38.7 Å². The molecule has 0 spiro atoms. The zero-order valence-corrected chi connectivity index (χ0v) is 16.7. The van der Waals surface area contributed by atoms with E-state index in [1.165, 1.54) is 4.90 Å². The quantitative estimate of drug-likeness (QED) is 0.664. The number of hydrogen-bond acceptors (Lipinski definition) is 8. The van der Waals surface area contributed by atoms with Crippen LogP contribution in [0.15, 0.2) is 30.3 Å². The molecule has 0 aliphatic carbocycles. The number of carbonyl (C=O) groups excluding carboxylic acids is 2. The van der Waals surface area contributed by atoms with Crippen LogP contribution in [-0.4, -0.2) is 76.6 Å². The number of carbonyl (C=O) groups is 2. The van der Waals surface area contributed by atoms with Gasteiger partial charge in [-0.25, -0.2) is 9.59 Å². The average Bonchev–Trinajstić information content (AvgIpc) is 3.17. The van der Waals surface area contributed by atoms with Crippen molar-refractivity contribution in [3.63, 3.8) is 0 Å². The highest BCUT2D eigenvalue weighted by Crippen LogP contribution is 2.38. The Labute approximate surface area is 169 Å². The standard InChI is InChI=1S/C20H27NO8/c1-4-26-18(24)16(23)15(22)14-17-13(28-20(2,3)29-17)10-21(14)19(25)27-11-12-8-6-5-7-9-12/h5-9,13-17,22-23H,4,10-11H2,1-3H3/t13-,14+,15+,16-,17-/m0/s1. The summed E-state index contributed by atoms with van der Waals surface area (Å²) < 4.78 is 21.8. The van der Waals surface area contributed by atoms with E-state index in [0.29, 0.717) is 0 Å². The summed E-state index contributed by atoms with van der Waals surface area (Å²) in [6.07, 6.45) is -5.42. The average molecular weight is 409 g/mol. The van der Waals surface area contributed by atoms with E-state index in [-0.39, 0.29) is 19.8 Å². The summed E-state index contributed by atoms with van der Waals surface area (Å²) in [5.41, 5.74) is 0.803. The number of nitrogens with zero attached hydrogens (tertiary/aromatic N) is 1. The fraction of sp³-hybridized carbons (Fsp3) is 0.600. The van der Waals surface area contributed by atoms with Crippen molar-refractivity contribution in [3.05, 3.63) is 35.9 Å². The summed E-state index contributed by atoms with van der Waals surface area (Å²) in [5.74, 6) is -1.89. The lowest BCUT2D eigenvalue weighted by Gasteiger charge is -2.33. The Morgan fingerprint density at radius 2 is 1.90 bits per heavy atom. The van der Waals surface area contributed by atoms with E-state index in [9.17, 15) is 19.8 Å². The molecule has 2 fully saturated rings. The normalized spacial score (nSPS) is 27.2. The molecule has 0 saturated carbocycles. The molecule has 0 radical (unpaired) electrons. The van der Waals surface area contributed by atoms with Crippen LogP contribution in [0.2, 0.25) is 0 Å². The SMILES string of the molecule is CCOC(=O)[C@@H](O)[C@H](O)[C@@H]1[C@H]2OC(C)(C)O[C@H]2CN1C(=O)OCc1ccccc1. The first-order chi connectivity index (χ1) is 13.7. The molecular weight excluding hydrogens is 382 g/mol. The van der Waals surface area contributed by atoms with Gasteiger partial charge in [-0.3, -0.25) is 4.90 Å². The largest absolute Gasteiger partial charge is 0.464 e. The van der Waals surface area contributed by atoms with Crippen LogP contribution in [0.5, 0.6) is 0 Å². The first-order valence-corrected chi connectivity index (χ1v) is 9.59. The number of likely N-dealkylation sites (tertiary alicyclic amines) is 1. The third-order valence-electron chi connectivity index (χ3n) is 4.94. The second-order valence-electron chi connectivity index (χ2n) is 7.51. The monoisotopic (exact) mass is 409 g/mol. The smallest absolute Gasteiger partial charge is 0.410 e. The van der Waals surface area contributed by atoms with Gasteiger partial charge in [-0.15, -0.1) is 0 Å². The van der Waals surface area contributed by atoms with Crippen LogP contribution in [0, 0.1) is 0 Å².